The van der Waals surface area contributed by atoms with Crippen LogP contribution >= 0.6 is 0 Å². The summed E-state index contributed by atoms with van der Waals surface area (Å²) in [6, 6.07) is 8.45. The number of benzene rings is 1. The van der Waals surface area contributed by atoms with E-state index in [1.807, 2.05) is 19.1 Å². The lowest BCUT2D eigenvalue weighted by Crippen LogP contribution is -2.41. The van der Waals surface area contributed by atoms with Crippen molar-refractivity contribution >= 4 is 5.69 Å². The molecular formula is C14H21NO2. The van der Waals surface area contributed by atoms with E-state index in [1.54, 1.807) is 0 Å². The molecule has 1 heterocycles. The lowest BCUT2D eigenvalue weighted by molar-refractivity contribution is 0.240. The number of piperidine rings is 1. The molecular weight excluding hydrogens is 214 g/mol. The molecule has 2 rings (SSSR count). The lowest BCUT2D eigenvalue weighted by atomic mass is 10.0. The molecule has 1 atom stereocenters. The molecule has 0 spiro atoms. The number of anilines is 1. The second-order valence-corrected chi connectivity index (χ2v) is 4.45. The Balaban J connectivity index is 2.09. The first kappa shape index (κ1) is 12.2. The van der Waals surface area contributed by atoms with Crippen molar-refractivity contribution in [1.82, 2.24) is 0 Å². The third kappa shape index (κ3) is 2.91. The van der Waals surface area contributed by atoms with Gasteiger partial charge in [-0.05, 0) is 50.5 Å². The van der Waals surface area contributed by atoms with Crippen molar-refractivity contribution in [2.24, 2.45) is 0 Å². The molecule has 1 fully saturated rings. The van der Waals surface area contributed by atoms with Crippen molar-refractivity contribution in [3.8, 4) is 5.75 Å². The third-order valence-corrected chi connectivity index (χ3v) is 3.32. The summed E-state index contributed by atoms with van der Waals surface area (Å²) in [5.41, 5.74) is 1.19. The molecule has 0 bridgehead atoms. The summed E-state index contributed by atoms with van der Waals surface area (Å²) in [4.78, 5) is 2.30. The maximum Gasteiger partial charge on any atom is 0.119 e. The van der Waals surface area contributed by atoms with E-state index in [0.29, 0.717) is 6.61 Å². The van der Waals surface area contributed by atoms with Crippen molar-refractivity contribution in [2.75, 3.05) is 24.7 Å². The van der Waals surface area contributed by atoms with Crippen LogP contribution in [0.3, 0.4) is 0 Å². The Bertz CT molecular complexity index is 337. The maximum absolute atomic E-state index is 9.40. The van der Waals surface area contributed by atoms with E-state index in [9.17, 15) is 5.11 Å². The first-order chi connectivity index (χ1) is 8.35. The molecule has 1 N–H and O–H groups in total. The van der Waals surface area contributed by atoms with Crippen molar-refractivity contribution in [3.05, 3.63) is 24.3 Å². The molecule has 0 saturated carbocycles. The van der Waals surface area contributed by atoms with Crippen LogP contribution in [0.5, 0.6) is 5.75 Å². The number of aliphatic hydroxyl groups is 1. The van der Waals surface area contributed by atoms with Crippen LogP contribution < -0.4 is 9.64 Å². The van der Waals surface area contributed by atoms with Gasteiger partial charge >= 0.3 is 0 Å². The van der Waals surface area contributed by atoms with Gasteiger partial charge in [0, 0.05) is 12.2 Å². The van der Waals surface area contributed by atoms with Crippen molar-refractivity contribution in [1.29, 1.82) is 0 Å². The van der Waals surface area contributed by atoms with Crippen LogP contribution in [0.2, 0.25) is 0 Å². The van der Waals surface area contributed by atoms with Gasteiger partial charge in [-0.25, -0.2) is 0 Å². The highest BCUT2D eigenvalue weighted by atomic mass is 16.5. The fraction of sp³-hybridized carbons (Fsp3) is 0.571. The van der Waals surface area contributed by atoms with Gasteiger partial charge in [-0.2, -0.15) is 0 Å². The van der Waals surface area contributed by atoms with E-state index in [-0.39, 0.29) is 12.6 Å². The smallest absolute Gasteiger partial charge is 0.119 e. The van der Waals surface area contributed by atoms with Crippen LogP contribution in [0.25, 0.3) is 0 Å². The quantitative estimate of drug-likeness (QED) is 0.870. The highest BCUT2D eigenvalue weighted by Crippen LogP contribution is 2.26. The minimum Gasteiger partial charge on any atom is -0.494 e. The minimum absolute atomic E-state index is 0.243. The van der Waals surface area contributed by atoms with Crippen molar-refractivity contribution in [3.63, 3.8) is 0 Å². The van der Waals surface area contributed by atoms with Crippen LogP contribution in [0.1, 0.15) is 26.2 Å². The number of ether oxygens (including phenoxy) is 1. The average Bonchev–Trinajstić information content (AvgIpc) is 2.40. The first-order valence-electron chi connectivity index (χ1n) is 6.45. The molecule has 17 heavy (non-hydrogen) atoms. The Morgan fingerprint density at radius 2 is 2.06 bits per heavy atom. The summed E-state index contributed by atoms with van der Waals surface area (Å²) in [6.45, 7) is 3.97. The van der Waals surface area contributed by atoms with Gasteiger partial charge in [0.05, 0.1) is 19.3 Å². The Labute approximate surface area is 103 Å². The minimum atomic E-state index is 0.243. The van der Waals surface area contributed by atoms with Gasteiger partial charge in [0.1, 0.15) is 5.75 Å². The Morgan fingerprint density at radius 3 is 2.71 bits per heavy atom. The summed E-state index contributed by atoms with van der Waals surface area (Å²) >= 11 is 0. The van der Waals surface area contributed by atoms with Gasteiger partial charge in [-0.1, -0.05) is 0 Å². The molecule has 3 nitrogen and oxygen atoms in total. The van der Waals surface area contributed by atoms with Crippen LogP contribution in [-0.4, -0.2) is 30.9 Å². The van der Waals surface area contributed by atoms with Gasteiger partial charge in [0.15, 0.2) is 0 Å². The third-order valence-electron chi connectivity index (χ3n) is 3.32. The first-order valence-corrected chi connectivity index (χ1v) is 6.45. The molecule has 0 aliphatic carbocycles. The molecule has 1 unspecified atom stereocenters. The van der Waals surface area contributed by atoms with E-state index in [4.69, 9.17) is 4.74 Å². The molecule has 1 saturated heterocycles. The van der Waals surface area contributed by atoms with E-state index in [0.717, 1.165) is 18.7 Å². The van der Waals surface area contributed by atoms with E-state index < -0.39 is 0 Å². The van der Waals surface area contributed by atoms with E-state index in [2.05, 4.69) is 17.0 Å². The van der Waals surface area contributed by atoms with Gasteiger partial charge < -0.3 is 14.7 Å². The number of hydrogen-bond acceptors (Lipinski definition) is 3. The molecule has 0 amide bonds. The van der Waals surface area contributed by atoms with Crippen LogP contribution in [0, 0.1) is 0 Å². The summed E-state index contributed by atoms with van der Waals surface area (Å²) < 4.78 is 5.43. The lowest BCUT2D eigenvalue weighted by Gasteiger charge is -2.36. The molecule has 1 aliphatic heterocycles. The van der Waals surface area contributed by atoms with Gasteiger partial charge in [-0.15, -0.1) is 0 Å². The molecule has 0 radical (unpaired) electrons. The number of hydrogen-bond donors (Lipinski definition) is 1. The van der Waals surface area contributed by atoms with E-state index >= 15 is 0 Å². The summed E-state index contributed by atoms with van der Waals surface area (Å²) in [6.07, 6.45) is 3.52. The second kappa shape index (κ2) is 5.92. The topological polar surface area (TPSA) is 32.7 Å². The van der Waals surface area contributed by atoms with Gasteiger partial charge in [0.25, 0.3) is 0 Å². The Hall–Kier alpha value is -1.22. The second-order valence-electron chi connectivity index (χ2n) is 4.45. The number of nitrogens with zero attached hydrogens (tertiary/aromatic N) is 1. The van der Waals surface area contributed by atoms with Crippen LogP contribution in [0.15, 0.2) is 24.3 Å². The van der Waals surface area contributed by atoms with Crippen molar-refractivity contribution in [2.45, 2.75) is 32.2 Å². The Morgan fingerprint density at radius 1 is 1.29 bits per heavy atom. The zero-order valence-corrected chi connectivity index (χ0v) is 10.4. The average molecular weight is 235 g/mol. The number of aliphatic hydroxyl groups excluding tert-OH is 1. The molecule has 1 aromatic rings. The van der Waals surface area contributed by atoms with Crippen LogP contribution in [-0.2, 0) is 0 Å². The molecule has 3 heteroatoms. The zero-order valence-electron chi connectivity index (χ0n) is 10.4. The highest BCUT2D eigenvalue weighted by Gasteiger charge is 2.21. The van der Waals surface area contributed by atoms with E-state index in [1.165, 1.54) is 18.5 Å². The fourth-order valence-corrected chi connectivity index (χ4v) is 2.43. The molecule has 0 aromatic heterocycles. The molecule has 94 valence electrons. The standard InChI is InChI=1S/C14H21NO2/c1-2-17-14-8-6-12(7-9-14)15-10-4-3-5-13(15)11-16/h6-9,13,16H,2-5,10-11H2,1H3. The van der Waals surface area contributed by atoms with Crippen molar-refractivity contribution < 1.29 is 9.84 Å². The molecule has 1 aliphatic rings. The predicted molar refractivity (Wildman–Crippen MR) is 69.7 cm³/mol. The maximum atomic E-state index is 9.40. The van der Waals surface area contributed by atoms with Gasteiger partial charge in [0.2, 0.25) is 0 Å². The number of rotatable bonds is 4. The highest BCUT2D eigenvalue weighted by molar-refractivity contribution is 5.50. The monoisotopic (exact) mass is 235 g/mol. The SMILES string of the molecule is CCOc1ccc(N2CCCCC2CO)cc1. The normalized spacial score (nSPS) is 20.4. The van der Waals surface area contributed by atoms with Gasteiger partial charge in [-0.3, -0.25) is 0 Å². The Kier molecular flexibility index (Phi) is 4.26. The summed E-state index contributed by atoms with van der Waals surface area (Å²) in [5, 5.41) is 9.40. The molecule has 1 aromatic carbocycles. The predicted octanol–water partition coefficient (Wildman–Crippen LogP) is 2.44. The summed E-state index contributed by atoms with van der Waals surface area (Å²) in [7, 11) is 0. The zero-order chi connectivity index (χ0) is 12.1. The largest absolute Gasteiger partial charge is 0.494 e. The van der Waals surface area contributed by atoms with Crippen LogP contribution in [0.4, 0.5) is 5.69 Å². The fourth-order valence-electron chi connectivity index (χ4n) is 2.43. The summed E-state index contributed by atoms with van der Waals surface area (Å²) in [5.74, 6) is 0.911.